The zero-order valence-corrected chi connectivity index (χ0v) is 8.43. The maximum absolute atomic E-state index is 11.5. The molecular formula is C11H12O4. The molecule has 0 unspecified atom stereocenters. The van der Waals surface area contributed by atoms with Crippen LogP contribution in [0.4, 0.5) is 0 Å². The van der Waals surface area contributed by atoms with Crippen molar-refractivity contribution in [3.8, 4) is 0 Å². The van der Waals surface area contributed by atoms with E-state index < -0.39 is 12.1 Å². The number of rotatable bonds is 1. The van der Waals surface area contributed by atoms with Gasteiger partial charge in [-0.05, 0) is 24.5 Å². The van der Waals surface area contributed by atoms with Crippen molar-refractivity contribution in [3.63, 3.8) is 0 Å². The van der Waals surface area contributed by atoms with Crippen LogP contribution in [0.3, 0.4) is 0 Å². The fourth-order valence-corrected chi connectivity index (χ4v) is 1.96. The highest BCUT2D eigenvalue weighted by Crippen LogP contribution is 2.31. The number of allylic oxidation sites excluding steroid dienone is 1. The number of hydrogen-bond donors (Lipinski definition) is 0. The highest BCUT2D eigenvalue weighted by atomic mass is 16.6. The van der Waals surface area contributed by atoms with Crippen molar-refractivity contribution in [2.24, 2.45) is 5.92 Å². The topological polar surface area (TPSA) is 52.6 Å². The quantitative estimate of drug-likeness (QED) is 0.603. The number of fused-ring (bicyclic) bond motifs is 1. The summed E-state index contributed by atoms with van der Waals surface area (Å²) in [5.41, 5.74) is 0.899. The largest absolute Gasteiger partial charge is 0.469 e. The standard InChI is InChI=1S/C11H12O4/c1-14-11(13)8-4-2-3-7-5-6-9(12)15-10(7)8/h3,5-6,8,10H,2,4H2,1H3/t8-,10+/m0/s1. The molecule has 2 rings (SSSR count). The predicted octanol–water partition coefficient (Wildman–Crippen LogP) is 0.977. The maximum Gasteiger partial charge on any atom is 0.331 e. The van der Waals surface area contributed by atoms with Gasteiger partial charge >= 0.3 is 11.9 Å². The van der Waals surface area contributed by atoms with Crippen LogP contribution >= 0.6 is 0 Å². The molecule has 1 aliphatic carbocycles. The van der Waals surface area contributed by atoms with E-state index in [4.69, 9.17) is 9.47 Å². The van der Waals surface area contributed by atoms with Crippen LogP contribution < -0.4 is 0 Å². The summed E-state index contributed by atoms with van der Waals surface area (Å²) in [6.07, 6.45) is 6.11. The van der Waals surface area contributed by atoms with E-state index in [-0.39, 0.29) is 11.9 Å². The summed E-state index contributed by atoms with van der Waals surface area (Å²) in [6.45, 7) is 0. The normalized spacial score (nSPS) is 28.9. The highest BCUT2D eigenvalue weighted by molar-refractivity contribution is 5.85. The van der Waals surface area contributed by atoms with Crippen LogP contribution in [-0.2, 0) is 19.1 Å². The lowest BCUT2D eigenvalue weighted by atomic mass is 9.84. The summed E-state index contributed by atoms with van der Waals surface area (Å²) in [5.74, 6) is -1.06. The molecule has 0 radical (unpaired) electrons. The van der Waals surface area contributed by atoms with Crippen molar-refractivity contribution in [1.82, 2.24) is 0 Å². The van der Waals surface area contributed by atoms with Gasteiger partial charge in [-0.2, -0.15) is 0 Å². The molecule has 0 bridgehead atoms. The highest BCUT2D eigenvalue weighted by Gasteiger charge is 2.37. The molecule has 0 saturated carbocycles. The average molecular weight is 208 g/mol. The third-order valence-corrected chi connectivity index (χ3v) is 2.71. The van der Waals surface area contributed by atoms with E-state index in [0.717, 1.165) is 12.0 Å². The third kappa shape index (κ3) is 1.79. The monoisotopic (exact) mass is 208 g/mol. The molecule has 15 heavy (non-hydrogen) atoms. The maximum atomic E-state index is 11.5. The van der Waals surface area contributed by atoms with Gasteiger partial charge in [0.1, 0.15) is 6.10 Å². The first-order valence-corrected chi connectivity index (χ1v) is 4.89. The molecule has 1 aliphatic heterocycles. The first-order chi connectivity index (χ1) is 7.22. The van der Waals surface area contributed by atoms with Gasteiger partial charge in [0.25, 0.3) is 0 Å². The van der Waals surface area contributed by atoms with E-state index in [1.165, 1.54) is 13.2 Å². The summed E-state index contributed by atoms with van der Waals surface area (Å²) >= 11 is 0. The molecule has 4 nitrogen and oxygen atoms in total. The van der Waals surface area contributed by atoms with Crippen LogP contribution in [0, 0.1) is 5.92 Å². The van der Waals surface area contributed by atoms with Crippen LogP contribution in [0.2, 0.25) is 0 Å². The van der Waals surface area contributed by atoms with Crippen molar-refractivity contribution in [3.05, 3.63) is 23.8 Å². The molecule has 0 fully saturated rings. The van der Waals surface area contributed by atoms with Gasteiger partial charge in [0, 0.05) is 6.08 Å². The van der Waals surface area contributed by atoms with Gasteiger partial charge in [-0.3, -0.25) is 4.79 Å². The molecule has 1 heterocycles. The van der Waals surface area contributed by atoms with E-state index in [9.17, 15) is 9.59 Å². The second-order valence-corrected chi connectivity index (χ2v) is 3.60. The summed E-state index contributed by atoms with van der Waals surface area (Å²) in [7, 11) is 1.35. The van der Waals surface area contributed by atoms with Crippen molar-refractivity contribution in [1.29, 1.82) is 0 Å². The molecule has 0 aromatic carbocycles. The molecule has 0 saturated heterocycles. The molecule has 80 valence electrons. The van der Waals surface area contributed by atoms with E-state index in [0.29, 0.717) is 6.42 Å². The molecule has 0 aromatic heterocycles. The van der Waals surface area contributed by atoms with Crippen LogP contribution in [0.5, 0.6) is 0 Å². The van der Waals surface area contributed by atoms with Gasteiger partial charge in [-0.15, -0.1) is 0 Å². The SMILES string of the molecule is COC(=O)[C@H]1CCC=C2C=CC(=O)O[C@H]21. The lowest BCUT2D eigenvalue weighted by Crippen LogP contribution is -2.37. The Morgan fingerprint density at radius 1 is 1.53 bits per heavy atom. The molecule has 4 heteroatoms. The lowest BCUT2D eigenvalue weighted by Gasteiger charge is -2.30. The number of hydrogen-bond acceptors (Lipinski definition) is 4. The molecule has 0 N–H and O–H groups in total. The van der Waals surface area contributed by atoms with Crippen molar-refractivity contribution < 1.29 is 19.1 Å². The molecule has 0 spiro atoms. The number of methoxy groups -OCH3 is 1. The van der Waals surface area contributed by atoms with Gasteiger partial charge in [0.05, 0.1) is 13.0 Å². The number of carbonyl (C=O) groups excluding carboxylic acids is 2. The number of esters is 2. The first-order valence-electron chi connectivity index (χ1n) is 4.89. The molecule has 2 atom stereocenters. The molecule has 0 aromatic rings. The average Bonchev–Trinajstić information content (AvgIpc) is 2.27. The Morgan fingerprint density at radius 2 is 2.33 bits per heavy atom. The van der Waals surface area contributed by atoms with Crippen LogP contribution in [0.1, 0.15) is 12.8 Å². The fraction of sp³-hybridized carbons (Fsp3) is 0.455. The zero-order valence-electron chi connectivity index (χ0n) is 8.43. The van der Waals surface area contributed by atoms with Gasteiger partial charge < -0.3 is 9.47 Å². The summed E-state index contributed by atoms with van der Waals surface area (Å²) in [5, 5.41) is 0. The lowest BCUT2D eigenvalue weighted by molar-refractivity contribution is -0.156. The number of ether oxygens (including phenoxy) is 2. The van der Waals surface area contributed by atoms with E-state index in [1.807, 2.05) is 6.08 Å². The van der Waals surface area contributed by atoms with E-state index >= 15 is 0 Å². The first kappa shape index (κ1) is 9.96. The van der Waals surface area contributed by atoms with Gasteiger partial charge in [-0.25, -0.2) is 4.79 Å². The van der Waals surface area contributed by atoms with Gasteiger partial charge in [0.15, 0.2) is 0 Å². The second-order valence-electron chi connectivity index (χ2n) is 3.60. The Bertz CT molecular complexity index is 354. The smallest absolute Gasteiger partial charge is 0.331 e. The Morgan fingerprint density at radius 3 is 3.07 bits per heavy atom. The van der Waals surface area contributed by atoms with Gasteiger partial charge in [0.2, 0.25) is 0 Å². The Labute approximate surface area is 87.5 Å². The molecular weight excluding hydrogens is 196 g/mol. The minimum atomic E-state index is -0.455. The Kier molecular flexibility index (Phi) is 2.58. The minimum absolute atomic E-state index is 0.311. The van der Waals surface area contributed by atoms with Crippen molar-refractivity contribution in [2.45, 2.75) is 18.9 Å². The molecule has 2 aliphatic rings. The summed E-state index contributed by atoms with van der Waals surface area (Å²) < 4.78 is 9.82. The van der Waals surface area contributed by atoms with Gasteiger partial charge in [-0.1, -0.05) is 6.08 Å². The second kappa shape index (κ2) is 3.88. The summed E-state index contributed by atoms with van der Waals surface area (Å²) in [6, 6.07) is 0. The van der Waals surface area contributed by atoms with Crippen LogP contribution in [-0.4, -0.2) is 25.2 Å². The predicted molar refractivity (Wildman–Crippen MR) is 51.8 cm³/mol. The Balaban J connectivity index is 2.25. The van der Waals surface area contributed by atoms with Crippen molar-refractivity contribution >= 4 is 11.9 Å². The third-order valence-electron chi connectivity index (χ3n) is 2.71. The Hall–Kier alpha value is -1.58. The van der Waals surface area contributed by atoms with E-state index in [1.54, 1.807) is 6.08 Å². The fourth-order valence-electron chi connectivity index (χ4n) is 1.96. The van der Waals surface area contributed by atoms with E-state index in [2.05, 4.69) is 0 Å². The minimum Gasteiger partial charge on any atom is -0.469 e. The van der Waals surface area contributed by atoms with Crippen molar-refractivity contribution in [2.75, 3.05) is 7.11 Å². The van der Waals surface area contributed by atoms with Crippen LogP contribution in [0.15, 0.2) is 23.8 Å². The molecule has 0 amide bonds. The summed E-state index contributed by atoms with van der Waals surface area (Å²) in [4.78, 5) is 22.5. The number of carbonyl (C=O) groups is 2. The van der Waals surface area contributed by atoms with Crippen LogP contribution in [0.25, 0.3) is 0 Å². The zero-order chi connectivity index (χ0) is 10.8.